The molecule has 2 rings (SSSR count). The van der Waals surface area contributed by atoms with Gasteiger partial charge < -0.3 is 19.7 Å². The van der Waals surface area contributed by atoms with E-state index in [-0.39, 0.29) is 18.5 Å². The molecule has 0 aliphatic carbocycles. The van der Waals surface area contributed by atoms with Gasteiger partial charge in [-0.05, 0) is 39.0 Å². The Labute approximate surface area is 159 Å². The minimum atomic E-state index is -0.521. The average molecular weight is 377 g/mol. The van der Waals surface area contributed by atoms with Crippen molar-refractivity contribution in [3.8, 4) is 0 Å². The Morgan fingerprint density at radius 2 is 1.78 bits per heavy atom. The van der Waals surface area contributed by atoms with Crippen LogP contribution in [0, 0.1) is 0 Å². The van der Waals surface area contributed by atoms with Crippen molar-refractivity contribution in [2.75, 3.05) is 45.2 Å². The van der Waals surface area contributed by atoms with Crippen LogP contribution in [0.1, 0.15) is 31.1 Å². The molecular weight excluding hydrogens is 350 g/mol. The maximum atomic E-state index is 12.3. The van der Waals surface area contributed by atoms with Crippen molar-refractivity contribution in [1.29, 1.82) is 0 Å². The van der Waals surface area contributed by atoms with E-state index in [0.717, 1.165) is 0 Å². The van der Waals surface area contributed by atoms with Gasteiger partial charge in [-0.3, -0.25) is 9.69 Å². The number of carbonyl (C=O) groups is 3. The molecule has 1 aliphatic heterocycles. The molecule has 0 atom stereocenters. The fourth-order valence-corrected chi connectivity index (χ4v) is 2.66. The molecule has 2 amide bonds. The monoisotopic (exact) mass is 377 g/mol. The number of piperazine rings is 1. The first-order valence-corrected chi connectivity index (χ1v) is 8.86. The third-order valence-electron chi connectivity index (χ3n) is 3.96. The van der Waals surface area contributed by atoms with Gasteiger partial charge >= 0.3 is 12.1 Å². The molecule has 0 unspecified atom stereocenters. The lowest BCUT2D eigenvalue weighted by Gasteiger charge is -2.35. The highest BCUT2D eigenvalue weighted by atomic mass is 16.6. The fourth-order valence-electron chi connectivity index (χ4n) is 2.66. The van der Waals surface area contributed by atoms with Gasteiger partial charge in [0.1, 0.15) is 5.60 Å². The lowest BCUT2D eigenvalue weighted by atomic mass is 10.2. The highest BCUT2D eigenvalue weighted by molar-refractivity contribution is 5.95. The van der Waals surface area contributed by atoms with Gasteiger partial charge in [0.15, 0.2) is 0 Å². The molecule has 1 fully saturated rings. The summed E-state index contributed by atoms with van der Waals surface area (Å²) < 4.78 is 10.0. The number of amides is 2. The van der Waals surface area contributed by atoms with Gasteiger partial charge in [0.05, 0.1) is 19.2 Å². The van der Waals surface area contributed by atoms with Crippen molar-refractivity contribution in [3.63, 3.8) is 0 Å². The number of rotatable bonds is 4. The molecule has 0 aromatic heterocycles. The molecule has 0 spiro atoms. The normalized spacial score (nSPS) is 15.2. The van der Waals surface area contributed by atoms with E-state index in [0.29, 0.717) is 37.4 Å². The summed E-state index contributed by atoms with van der Waals surface area (Å²) in [5, 5.41) is 2.78. The van der Waals surface area contributed by atoms with Gasteiger partial charge in [-0.2, -0.15) is 0 Å². The first-order valence-electron chi connectivity index (χ1n) is 8.86. The standard InChI is InChI=1S/C19H27N3O5/c1-19(2,3)27-18(25)22-10-8-21(9-11-22)13-16(23)20-15-7-5-6-14(12-15)17(24)26-4/h5-7,12H,8-11,13H2,1-4H3,(H,20,23). The van der Waals surface area contributed by atoms with Crippen LogP contribution in [0.4, 0.5) is 10.5 Å². The second-order valence-corrected chi connectivity index (χ2v) is 7.36. The molecule has 8 heteroatoms. The summed E-state index contributed by atoms with van der Waals surface area (Å²) >= 11 is 0. The second kappa shape index (κ2) is 8.85. The zero-order chi connectivity index (χ0) is 20.0. The maximum absolute atomic E-state index is 12.3. The lowest BCUT2D eigenvalue weighted by Crippen LogP contribution is -2.51. The summed E-state index contributed by atoms with van der Waals surface area (Å²) in [6.07, 6.45) is -0.328. The molecule has 1 aromatic carbocycles. The molecule has 27 heavy (non-hydrogen) atoms. The highest BCUT2D eigenvalue weighted by Gasteiger charge is 2.26. The number of anilines is 1. The first-order chi connectivity index (χ1) is 12.7. The number of benzene rings is 1. The third kappa shape index (κ3) is 6.56. The minimum Gasteiger partial charge on any atom is -0.465 e. The Bertz CT molecular complexity index is 691. The topological polar surface area (TPSA) is 88.2 Å². The zero-order valence-corrected chi connectivity index (χ0v) is 16.3. The van der Waals surface area contributed by atoms with E-state index in [2.05, 4.69) is 10.1 Å². The van der Waals surface area contributed by atoms with E-state index < -0.39 is 11.6 Å². The van der Waals surface area contributed by atoms with Crippen LogP contribution in [-0.2, 0) is 14.3 Å². The molecule has 1 heterocycles. The molecular formula is C19H27N3O5. The van der Waals surface area contributed by atoms with Crippen LogP contribution in [-0.4, -0.2) is 73.2 Å². The fraction of sp³-hybridized carbons (Fsp3) is 0.526. The predicted octanol–water partition coefficient (Wildman–Crippen LogP) is 1.96. The van der Waals surface area contributed by atoms with Crippen molar-refractivity contribution in [3.05, 3.63) is 29.8 Å². The Morgan fingerprint density at radius 1 is 1.11 bits per heavy atom. The highest BCUT2D eigenvalue weighted by Crippen LogP contribution is 2.13. The van der Waals surface area contributed by atoms with Gasteiger partial charge in [0.25, 0.3) is 0 Å². The first kappa shape index (κ1) is 20.7. The lowest BCUT2D eigenvalue weighted by molar-refractivity contribution is -0.117. The number of esters is 1. The number of methoxy groups -OCH3 is 1. The van der Waals surface area contributed by atoms with Crippen molar-refractivity contribution >= 4 is 23.7 Å². The van der Waals surface area contributed by atoms with E-state index in [1.54, 1.807) is 29.2 Å². The largest absolute Gasteiger partial charge is 0.465 e. The minimum absolute atomic E-state index is 0.178. The molecule has 0 saturated carbocycles. The summed E-state index contributed by atoms with van der Waals surface area (Å²) in [7, 11) is 1.31. The number of hydrogen-bond acceptors (Lipinski definition) is 6. The molecule has 1 saturated heterocycles. The van der Waals surface area contributed by atoms with Crippen molar-refractivity contribution in [2.45, 2.75) is 26.4 Å². The van der Waals surface area contributed by atoms with Gasteiger partial charge in [-0.25, -0.2) is 9.59 Å². The van der Waals surface area contributed by atoms with Crippen LogP contribution in [0.15, 0.2) is 24.3 Å². The summed E-state index contributed by atoms with van der Waals surface area (Å²) in [6, 6.07) is 6.59. The van der Waals surface area contributed by atoms with Crippen LogP contribution in [0.5, 0.6) is 0 Å². The van der Waals surface area contributed by atoms with Crippen molar-refractivity contribution < 1.29 is 23.9 Å². The molecule has 148 valence electrons. The summed E-state index contributed by atoms with van der Waals surface area (Å²) in [4.78, 5) is 39.5. The molecule has 0 bridgehead atoms. The van der Waals surface area contributed by atoms with Gasteiger partial charge in [0, 0.05) is 31.9 Å². The smallest absolute Gasteiger partial charge is 0.410 e. The number of nitrogens with zero attached hydrogens (tertiary/aromatic N) is 2. The van der Waals surface area contributed by atoms with Crippen LogP contribution >= 0.6 is 0 Å². The SMILES string of the molecule is COC(=O)c1cccc(NC(=O)CN2CCN(C(=O)OC(C)(C)C)CC2)c1. The second-order valence-electron chi connectivity index (χ2n) is 7.36. The summed E-state index contributed by atoms with van der Waals surface area (Å²) in [6.45, 7) is 7.93. The van der Waals surface area contributed by atoms with E-state index in [9.17, 15) is 14.4 Å². The van der Waals surface area contributed by atoms with E-state index in [4.69, 9.17) is 4.74 Å². The van der Waals surface area contributed by atoms with Crippen molar-refractivity contribution in [1.82, 2.24) is 9.80 Å². The van der Waals surface area contributed by atoms with E-state index in [1.165, 1.54) is 7.11 Å². The zero-order valence-electron chi connectivity index (χ0n) is 16.3. The molecule has 0 radical (unpaired) electrons. The maximum Gasteiger partial charge on any atom is 0.410 e. The van der Waals surface area contributed by atoms with Gasteiger partial charge in [-0.1, -0.05) is 6.07 Å². The molecule has 8 nitrogen and oxygen atoms in total. The van der Waals surface area contributed by atoms with E-state index in [1.807, 2.05) is 25.7 Å². The number of hydrogen-bond donors (Lipinski definition) is 1. The van der Waals surface area contributed by atoms with E-state index >= 15 is 0 Å². The van der Waals surface area contributed by atoms with Crippen LogP contribution < -0.4 is 5.32 Å². The molecule has 1 aromatic rings. The molecule has 1 aliphatic rings. The number of nitrogens with one attached hydrogen (secondary N) is 1. The average Bonchev–Trinajstić information content (AvgIpc) is 2.60. The Balaban J connectivity index is 1.81. The quantitative estimate of drug-likeness (QED) is 0.807. The Morgan fingerprint density at radius 3 is 2.37 bits per heavy atom. The van der Waals surface area contributed by atoms with Gasteiger partial charge in [-0.15, -0.1) is 0 Å². The van der Waals surface area contributed by atoms with Gasteiger partial charge in [0.2, 0.25) is 5.91 Å². The summed E-state index contributed by atoms with van der Waals surface area (Å²) in [5.41, 5.74) is 0.392. The van der Waals surface area contributed by atoms with Crippen LogP contribution in [0.25, 0.3) is 0 Å². The Hall–Kier alpha value is -2.61. The number of ether oxygens (including phenoxy) is 2. The molecule has 1 N–H and O–H groups in total. The third-order valence-corrected chi connectivity index (χ3v) is 3.96. The van der Waals surface area contributed by atoms with Crippen molar-refractivity contribution in [2.24, 2.45) is 0 Å². The predicted molar refractivity (Wildman–Crippen MR) is 101 cm³/mol. The number of carbonyl (C=O) groups excluding carboxylic acids is 3. The Kier molecular flexibility index (Phi) is 6.79. The van der Waals surface area contributed by atoms with Crippen LogP contribution in [0.2, 0.25) is 0 Å². The van der Waals surface area contributed by atoms with Crippen LogP contribution in [0.3, 0.4) is 0 Å². The summed E-state index contributed by atoms with van der Waals surface area (Å²) in [5.74, 6) is -0.632.